The summed E-state index contributed by atoms with van der Waals surface area (Å²) >= 11 is 0. The number of methoxy groups -OCH3 is 2. The Kier molecular flexibility index (Phi) is 4.81. The predicted molar refractivity (Wildman–Crippen MR) is 102 cm³/mol. The van der Waals surface area contributed by atoms with Crippen LogP contribution in [0.3, 0.4) is 0 Å². The van der Waals surface area contributed by atoms with Crippen LogP contribution in [0.2, 0.25) is 0 Å². The molecule has 0 saturated heterocycles. The van der Waals surface area contributed by atoms with Gasteiger partial charge in [0.1, 0.15) is 5.82 Å². The molecule has 0 unspecified atom stereocenters. The SMILES string of the molecule is COc1ccc(-c2cnn3c(C(F)(F)F)cc(-c4ccc(F)cc4)nc23)cc1OC. The lowest BCUT2D eigenvalue weighted by molar-refractivity contribution is -0.142. The Labute approximate surface area is 168 Å². The zero-order valence-corrected chi connectivity index (χ0v) is 15.9. The summed E-state index contributed by atoms with van der Waals surface area (Å²) in [6.45, 7) is 0. The topological polar surface area (TPSA) is 48.7 Å². The highest BCUT2D eigenvalue weighted by molar-refractivity contribution is 5.80. The molecule has 5 nitrogen and oxygen atoms in total. The largest absolute Gasteiger partial charge is 0.493 e. The fourth-order valence-corrected chi connectivity index (χ4v) is 3.14. The van der Waals surface area contributed by atoms with Crippen molar-refractivity contribution in [2.45, 2.75) is 6.18 Å². The van der Waals surface area contributed by atoms with Crippen LogP contribution in [0.1, 0.15) is 5.69 Å². The van der Waals surface area contributed by atoms with Gasteiger partial charge in [-0.05, 0) is 48.0 Å². The van der Waals surface area contributed by atoms with Gasteiger partial charge in [0.05, 0.1) is 26.1 Å². The van der Waals surface area contributed by atoms with Gasteiger partial charge in [-0.15, -0.1) is 0 Å². The highest BCUT2D eigenvalue weighted by Crippen LogP contribution is 2.37. The minimum atomic E-state index is -4.67. The Morgan fingerprint density at radius 1 is 0.867 bits per heavy atom. The van der Waals surface area contributed by atoms with Gasteiger partial charge in [0.15, 0.2) is 22.8 Å². The Balaban J connectivity index is 1.97. The summed E-state index contributed by atoms with van der Waals surface area (Å²) in [7, 11) is 2.95. The first-order valence-corrected chi connectivity index (χ1v) is 8.76. The summed E-state index contributed by atoms with van der Waals surface area (Å²) in [4.78, 5) is 4.39. The van der Waals surface area contributed by atoms with Crippen LogP contribution in [0.5, 0.6) is 11.5 Å². The first-order chi connectivity index (χ1) is 14.3. The van der Waals surface area contributed by atoms with Crippen LogP contribution in [-0.4, -0.2) is 28.8 Å². The minimum Gasteiger partial charge on any atom is -0.493 e. The van der Waals surface area contributed by atoms with E-state index in [1.165, 1.54) is 44.7 Å². The fourth-order valence-electron chi connectivity index (χ4n) is 3.14. The number of fused-ring (bicyclic) bond motifs is 1. The first kappa shape index (κ1) is 19.7. The molecule has 0 amide bonds. The molecule has 0 N–H and O–H groups in total. The lowest BCUT2D eigenvalue weighted by atomic mass is 10.1. The van der Waals surface area contributed by atoms with E-state index in [1.807, 2.05) is 0 Å². The first-order valence-electron chi connectivity index (χ1n) is 8.76. The van der Waals surface area contributed by atoms with Crippen LogP contribution >= 0.6 is 0 Å². The number of hydrogen-bond donors (Lipinski definition) is 0. The van der Waals surface area contributed by atoms with Crippen LogP contribution < -0.4 is 9.47 Å². The highest BCUT2D eigenvalue weighted by Gasteiger charge is 2.35. The van der Waals surface area contributed by atoms with Gasteiger partial charge < -0.3 is 9.47 Å². The quantitative estimate of drug-likeness (QED) is 0.426. The molecule has 0 fully saturated rings. The molecule has 0 saturated carbocycles. The molecular formula is C21H15F4N3O2. The van der Waals surface area contributed by atoms with E-state index in [-0.39, 0.29) is 11.3 Å². The van der Waals surface area contributed by atoms with Gasteiger partial charge >= 0.3 is 6.18 Å². The molecule has 2 aromatic carbocycles. The third-order valence-corrected chi connectivity index (χ3v) is 4.60. The summed E-state index contributed by atoms with van der Waals surface area (Å²) in [5.41, 5.74) is 0.362. The summed E-state index contributed by atoms with van der Waals surface area (Å²) in [5.74, 6) is 0.403. The molecule has 4 rings (SSSR count). The molecule has 154 valence electrons. The number of hydrogen-bond acceptors (Lipinski definition) is 4. The Morgan fingerprint density at radius 2 is 1.53 bits per heavy atom. The van der Waals surface area contributed by atoms with Gasteiger partial charge in [-0.2, -0.15) is 18.3 Å². The van der Waals surface area contributed by atoms with Crippen LogP contribution in [-0.2, 0) is 6.18 Å². The lowest BCUT2D eigenvalue weighted by Crippen LogP contribution is -2.13. The van der Waals surface area contributed by atoms with Gasteiger partial charge in [0, 0.05) is 11.1 Å². The highest BCUT2D eigenvalue weighted by atomic mass is 19.4. The number of ether oxygens (including phenoxy) is 2. The fraction of sp³-hybridized carbons (Fsp3) is 0.143. The molecule has 2 heterocycles. The van der Waals surface area contributed by atoms with Gasteiger partial charge in [-0.25, -0.2) is 13.9 Å². The number of benzene rings is 2. The van der Waals surface area contributed by atoms with Crippen molar-refractivity contribution in [2.24, 2.45) is 0 Å². The molecule has 0 aliphatic heterocycles. The molecule has 9 heteroatoms. The lowest BCUT2D eigenvalue weighted by Gasteiger charge is -2.12. The van der Waals surface area contributed by atoms with Crippen molar-refractivity contribution < 1.29 is 27.0 Å². The Bertz CT molecular complexity index is 1220. The van der Waals surface area contributed by atoms with E-state index in [2.05, 4.69) is 10.1 Å². The number of aromatic nitrogens is 3. The predicted octanol–water partition coefficient (Wildman–Crippen LogP) is 5.24. The number of halogens is 4. The Hall–Kier alpha value is -3.62. The number of rotatable bonds is 4. The summed E-state index contributed by atoms with van der Waals surface area (Å²) < 4.78 is 65.7. The minimum absolute atomic E-state index is 0.0105. The van der Waals surface area contributed by atoms with Crippen LogP contribution in [0, 0.1) is 5.82 Å². The maximum Gasteiger partial charge on any atom is 0.433 e. The molecule has 4 aromatic rings. The maximum absolute atomic E-state index is 13.7. The molecule has 2 aromatic heterocycles. The van der Waals surface area contributed by atoms with Crippen LogP contribution in [0.25, 0.3) is 28.0 Å². The molecule has 0 aliphatic carbocycles. The molecule has 0 spiro atoms. The second kappa shape index (κ2) is 7.33. The van der Waals surface area contributed by atoms with Crippen molar-refractivity contribution in [3.05, 3.63) is 66.2 Å². The van der Waals surface area contributed by atoms with Gasteiger partial charge in [-0.3, -0.25) is 0 Å². The standard InChI is InChI=1S/C21H15F4N3O2/c1-29-17-8-5-13(9-18(17)30-2)15-11-26-28-19(21(23,24)25)10-16(27-20(15)28)12-3-6-14(22)7-4-12/h3-11H,1-2H3. The van der Waals surface area contributed by atoms with Crippen LogP contribution in [0.15, 0.2) is 54.7 Å². The van der Waals surface area contributed by atoms with E-state index < -0.39 is 17.7 Å². The third-order valence-electron chi connectivity index (χ3n) is 4.60. The second-order valence-electron chi connectivity index (χ2n) is 6.39. The summed E-state index contributed by atoms with van der Waals surface area (Å²) in [5, 5.41) is 3.91. The summed E-state index contributed by atoms with van der Waals surface area (Å²) in [6, 6.07) is 10.9. The van der Waals surface area contributed by atoms with E-state index in [0.717, 1.165) is 10.6 Å². The molecule has 30 heavy (non-hydrogen) atoms. The molecular weight excluding hydrogens is 402 g/mol. The van der Waals surface area contributed by atoms with Gasteiger partial charge in [0.2, 0.25) is 0 Å². The van der Waals surface area contributed by atoms with Crippen molar-refractivity contribution in [1.29, 1.82) is 0 Å². The average Bonchev–Trinajstić information content (AvgIpc) is 3.16. The number of nitrogens with zero attached hydrogens (tertiary/aromatic N) is 3. The van der Waals surface area contributed by atoms with E-state index in [0.29, 0.717) is 28.2 Å². The van der Waals surface area contributed by atoms with Crippen molar-refractivity contribution in [3.8, 4) is 33.9 Å². The summed E-state index contributed by atoms with van der Waals surface area (Å²) in [6.07, 6.45) is -3.36. The Morgan fingerprint density at radius 3 is 2.17 bits per heavy atom. The van der Waals surface area contributed by atoms with Gasteiger partial charge in [0.25, 0.3) is 0 Å². The zero-order valence-electron chi connectivity index (χ0n) is 15.9. The molecule has 0 radical (unpaired) electrons. The van der Waals surface area contributed by atoms with E-state index in [1.54, 1.807) is 18.2 Å². The van der Waals surface area contributed by atoms with Gasteiger partial charge in [-0.1, -0.05) is 6.07 Å². The molecule has 0 bridgehead atoms. The average molecular weight is 417 g/mol. The maximum atomic E-state index is 13.7. The van der Waals surface area contributed by atoms with Crippen molar-refractivity contribution >= 4 is 5.65 Å². The van der Waals surface area contributed by atoms with E-state index in [9.17, 15) is 17.6 Å². The van der Waals surface area contributed by atoms with Crippen molar-refractivity contribution in [3.63, 3.8) is 0 Å². The third kappa shape index (κ3) is 3.42. The van der Waals surface area contributed by atoms with Crippen molar-refractivity contribution in [1.82, 2.24) is 14.6 Å². The monoisotopic (exact) mass is 417 g/mol. The smallest absolute Gasteiger partial charge is 0.433 e. The molecule has 0 atom stereocenters. The van der Waals surface area contributed by atoms with E-state index in [4.69, 9.17) is 9.47 Å². The number of alkyl halides is 3. The van der Waals surface area contributed by atoms with Crippen molar-refractivity contribution in [2.75, 3.05) is 14.2 Å². The molecule has 0 aliphatic rings. The second-order valence-corrected chi connectivity index (χ2v) is 6.39. The zero-order chi connectivity index (χ0) is 21.5. The van der Waals surface area contributed by atoms with E-state index >= 15 is 0 Å². The normalized spacial score (nSPS) is 11.7. The van der Waals surface area contributed by atoms with Crippen LogP contribution in [0.4, 0.5) is 17.6 Å².